The van der Waals surface area contributed by atoms with Crippen molar-refractivity contribution in [3.8, 4) is 0 Å². The molecule has 230 valence electrons. The quantitative estimate of drug-likeness (QED) is 0.247. The molecule has 0 amide bonds. The Morgan fingerprint density at radius 2 is 2.05 bits per heavy atom. The predicted octanol–water partition coefficient (Wildman–Crippen LogP) is 6.71. The van der Waals surface area contributed by atoms with Gasteiger partial charge in [-0.3, -0.25) is 4.90 Å². The van der Waals surface area contributed by atoms with Crippen LogP contribution in [0.1, 0.15) is 108 Å². The van der Waals surface area contributed by atoms with E-state index in [2.05, 4.69) is 36.2 Å². The number of fused-ring (bicyclic) bond motifs is 1. The van der Waals surface area contributed by atoms with E-state index >= 15 is 0 Å². The van der Waals surface area contributed by atoms with Gasteiger partial charge in [-0.05, 0) is 121 Å². The van der Waals surface area contributed by atoms with Crippen LogP contribution in [0, 0.1) is 5.82 Å². The zero-order valence-corrected chi connectivity index (χ0v) is 26.0. The fourth-order valence-electron chi connectivity index (χ4n) is 6.40. The summed E-state index contributed by atoms with van der Waals surface area (Å²) >= 11 is 0. The number of aromatic nitrogens is 1. The third-order valence-corrected chi connectivity index (χ3v) is 8.46. The normalized spacial score (nSPS) is 22.9. The van der Waals surface area contributed by atoms with Crippen LogP contribution in [0.15, 0.2) is 30.3 Å². The van der Waals surface area contributed by atoms with Crippen molar-refractivity contribution in [1.82, 2.24) is 9.88 Å². The van der Waals surface area contributed by atoms with Gasteiger partial charge in [0, 0.05) is 31.9 Å². The molecule has 0 saturated carbocycles. The number of anilines is 1. The molecule has 7 nitrogen and oxygen atoms in total. The van der Waals surface area contributed by atoms with Gasteiger partial charge in [-0.1, -0.05) is 12.1 Å². The second-order valence-electron chi connectivity index (χ2n) is 13.7. The predicted molar refractivity (Wildman–Crippen MR) is 162 cm³/mol. The SMILES string of the molecule is CC(C)(C)OC(=O)C(c1cc(F)ccc1C1CCC(C)(C)O1)N1CC[C@@H](OCCCCc2ccc3c(n2)NCCC3)C1. The van der Waals surface area contributed by atoms with Crippen LogP contribution in [0.25, 0.3) is 0 Å². The fourth-order valence-corrected chi connectivity index (χ4v) is 6.40. The number of ether oxygens (including phenoxy) is 3. The van der Waals surface area contributed by atoms with Crippen LogP contribution in [0.4, 0.5) is 10.2 Å². The number of hydrogen-bond donors (Lipinski definition) is 1. The minimum atomic E-state index is -0.723. The van der Waals surface area contributed by atoms with Crippen LogP contribution >= 0.6 is 0 Å². The van der Waals surface area contributed by atoms with Gasteiger partial charge in [-0.25, -0.2) is 14.2 Å². The second kappa shape index (κ2) is 13.0. The largest absolute Gasteiger partial charge is 0.459 e. The van der Waals surface area contributed by atoms with E-state index in [1.54, 1.807) is 6.07 Å². The third kappa shape index (κ3) is 7.88. The van der Waals surface area contributed by atoms with Crippen LogP contribution in [0.2, 0.25) is 0 Å². The van der Waals surface area contributed by atoms with E-state index in [1.807, 2.05) is 20.8 Å². The first-order valence-corrected chi connectivity index (χ1v) is 15.8. The molecule has 5 rings (SSSR count). The number of carbonyl (C=O) groups excluding carboxylic acids is 1. The summed E-state index contributed by atoms with van der Waals surface area (Å²) in [4.78, 5) is 20.6. The van der Waals surface area contributed by atoms with E-state index in [4.69, 9.17) is 19.2 Å². The highest BCUT2D eigenvalue weighted by molar-refractivity contribution is 5.79. The van der Waals surface area contributed by atoms with E-state index in [0.717, 1.165) is 68.6 Å². The van der Waals surface area contributed by atoms with Crippen LogP contribution < -0.4 is 5.32 Å². The number of esters is 1. The van der Waals surface area contributed by atoms with Crippen molar-refractivity contribution < 1.29 is 23.4 Å². The Morgan fingerprint density at radius 1 is 1.21 bits per heavy atom. The molecule has 0 aliphatic carbocycles. The molecular formula is C34H48FN3O4. The van der Waals surface area contributed by atoms with E-state index in [-0.39, 0.29) is 29.6 Å². The summed E-state index contributed by atoms with van der Waals surface area (Å²) < 4.78 is 33.2. The monoisotopic (exact) mass is 581 g/mol. The molecule has 0 bridgehead atoms. The van der Waals surface area contributed by atoms with Crippen molar-refractivity contribution in [1.29, 1.82) is 0 Å². The molecule has 3 atom stereocenters. The van der Waals surface area contributed by atoms with E-state index in [9.17, 15) is 9.18 Å². The Morgan fingerprint density at radius 3 is 2.81 bits per heavy atom. The Balaban J connectivity index is 1.21. The summed E-state index contributed by atoms with van der Waals surface area (Å²) in [5.41, 5.74) is 3.03. The number of unbranched alkanes of at least 4 members (excludes halogenated alkanes) is 1. The van der Waals surface area contributed by atoms with Crippen molar-refractivity contribution in [2.75, 3.05) is 31.6 Å². The number of hydrogen-bond acceptors (Lipinski definition) is 7. The van der Waals surface area contributed by atoms with Gasteiger partial charge in [0.1, 0.15) is 23.3 Å². The maximum atomic E-state index is 14.7. The van der Waals surface area contributed by atoms with E-state index in [0.29, 0.717) is 25.3 Å². The van der Waals surface area contributed by atoms with Crippen molar-refractivity contribution in [2.45, 2.75) is 115 Å². The van der Waals surface area contributed by atoms with Crippen LogP contribution in [-0.2, 0) is 31.8 Å². The number of halogens is 1. The maximum Gasteiger partial charge on any atom is 0.328 e. The lowest BCUT2D eigenvalue weighted by Gasteiger charge is -2.32. The molecule has 42 heavy (non-hydrogen) atoms. The van der Waals surface area contributed by atoms with E-state index < -0.39 is 11.6 Å². The molecule has 1 N–H and O–H groups in total. The number of nitrogens with zero attached hydrogens (tertiary/aromatic N) is 2. The fraction of sp³-hybridized carbons (Fsp3) is 0.647. The van der Waals surface area contributed by atoms with Crippen molar-refractivity contribution in [2.24, 2.45) is 0 Å². The smallest absolute Gasteiger partial charge is 0.328 e. The van der Waals surface area contributed by atoms with Gasteiger partial charge in [0.05, 0.1) is 17.8 Å². The van der Waals surface area contributed by atoms with Crippen LogP contribution in [0.5, 0.6) is 0 Å². The summed E-state index contributed by atoms with van der Waals surface area (Å²) in [5.74, 6) is 0.320. The summed E-state index contributed by atoms with van der Waals surface area (Å²) in [6, 6.07) is 8.38. The number of aryl methyl sites for hydroxylation is 2. The number of benzene rings is 1. The summed E-state index contributed by atoms with van der Waals surface area (Å²) in [5, 5.41) is 3.41. The third-order valence-electron chi connectivity index (χ3n) is 8.46. The standard InChI is InChI=1S/C34H48FN3O4/c1-33(2,3)42-32(39)30(28-21-24(35)12-14-27(28)29-15-17-34(4,5)41-29)38-19-16-26(22-38)40-20-7-6-10-25-13-11-23-9-8-18-36-31(23)37-25/h11-14,21,26,29-30H,6-10,15-20,22H2,1-5H3,(H,36,37)/t26-,29?,30?/m1/s1. The number of nitrogens with one attached hydrogen (secondary N) is 1. The molecule has 3 aliphatic heterocycles. The van der Waals surface area contributed by atoms with Crippen molar-refractivity contribution in [3.63, 3.8) is 0 Å². The van der Waals surface area contributed by atoms with E-state index in [1.165, 1.54) is 24.1 Å². The maximum absolute atomic E-state index is 14.7. The van der Waals surface area contributed by atoms with Crippen molar-refractivity contribution >= 4 is 11.8 Å². The molecule has 1 aromatic carbocycles. The zero-order valence-electron chi connectivity index (χ0n) is 26.0. The molecular weight excluding hydrogens is 533 g/mol. The Kier molecular flexibility index (Phi) is 9.55. The molecule has 2 saturated heterocycles. The molecule has 4 heterocycles. The van der Waals surface area contributed by atoms with Gasteiger partial charge < -0.3 is 19.5 Å². The molecule has 2 unspecified atom stereocenters. The minimum Gasteiger partial charge on any atom is -0.459 e. The van der Waals surface area contributed by atoms with Gasteiger partial charge in [-0.2, -0.15) is 0 Å². The average Bonchev–Trinajstić information content (AvgIpc) is 3.53. The van der Waals surface area contributed by atoms with Gasteiger partial charge in [0.2, 0.25) is 0 Å². The first kappa shape index (κ1) is 30.9. The van der Waals surface area contributed by atoms with Gasteiger partial charge in [0.25, 0.3) is 0 Å². The topological polar surface area (TPSA) is 72.9 Å². The second-order valence-corrected chi connectivity index (χ2v) is 13.7. The molecule has 3 aliphatic rings. The number of rotatable bonds is 10. The van der Waals surface area contributed by atoms with Gasteiger partial charge in [-0.15, -0.1) is 0 Å². The Bertz CT molecular complexity index is 1240. The first-order valence-electron chi connectivity index (χ1n) is 15.8. The molecule has 2 fully saturated rings. The lowest BCUT2D eigenvalue weighted by atomic mass is 9.93. The average molecular weight is 582 g/mol. The van der Waals surface area contributed by atoms with Crippen LogP contribution in [-0.4, -0.2) is 59.4 Å². The Hall–Kier alpha value is -2.55. The first-order chi connectivity index (χ1) is 20.0. The Labute approximate surface area is 250 Å². The highest BCUT2D eigenvalue weighted by Crippen LogP contribution is 2.43. The van der Waals surface area contributed by atoms with Gasteiger partial charge >= 0.3 is 5.97 Å². The highest BCUT2D eigenvalue weighted by atomic mass is 19.1. The lowest BCUT2D eigenvalue weighted by Crippen LogP contribution is -2.38. The number of pyridine rings is 1. The molecule has 8 heteroatoms. The summed E-state index contributed by atoms with van der Waals surface area (Å²) in [6.45, 7) is 12.7. The molecule has 1 aromatic heterocycles. The summed E-state index contributed by atoms with van der Waals surface area (Å²) in [6.07, 6.45) is 7.53. The lowest BCUT2D eigenvalue weighted by molar-refractivity contribution is -0.161. The van der Waals surface area contributed by atoms with Gasteiger partial charge in [0.15, 0.2) is 0 Å². The minimum absolute atomic E-state index is 0.0136. The highest BCUT2D eigenvalue weighted by Gasteiger charge is 2.41. The zero-order chi connectivity index (χ0) is 29.9. The number of carbonyl (C=O) groups is 1. The van der Waals surface area contributed by atoms with Crippen molar-refractivity contribution in [3.05, 3.63) is 58.5 Å². The molecule has 2 aromatic rings. The summed E-state index contributed by atoms with van der Waals surface area (Å²) in [7, 11) is 0. The molecule has 0 radical (unpaired) electrons. The van der Waals surface area contributed by atoms with Crippen LogP contribution in [0.3, 0.4) is 0 Å². The molecule has 0 spiro atoms. The number of likely N-dealkylation sites (tertiary alicyclic amines) is 1.